The molecule has 5 nitrogen and oxygen atoms in total. The van der Waals surface area contributed by atoms with E-state index in [2.05, 4.69) is 15.0 Å². The molecular formula is C10H10ClN5. The Hall–Kier alpha value is -1.88. The van der Waals surface area contributed by atoms with Gasteiger partial charge in [-0.25, -0.2) is 9.97 Å². The minimum atomic E-state index is 0.251. The van der Waals surface area contributed by atoms with Gasteiger partial charge >= 0.3 is 0 Å². The Bertz CT molecular complexity index is 488. The number of anilines is 3. The third-order valence-electron chi connectivity index (χ3n) is 2.17. The Morgan fingerprint density at radius 1 is 1.38 bits per heavy atom. The van der Waals surface area contributed by atoms with Gasteiger partial charge in [0, 0.05) is 13.2 Å². The van der Waals surface area contributed by atoms with Gasteiger partial charge in [-0.3, -0.25) is 4.98 Å². The van der Waals surface area contributed by atoms with Crippen LogP contribution >= 0.6 is 11.6 Å². The Balaban J connectivity index is 2.42. The molecule has 2 heterocycles. The van der Waals surface area contributed by atoms with E-state index in [1.807, 2.05) is 19.2 Å². The first kappa shape index (κ1) is 10.6. The van der Waals surface area contributed by atoms with Crippen LogP contribution in [-0.4, -0.2) is 22.0 Å². The van der Waals surface area contributed by atoms with Crippen molar-refractivity contribution in [3.63, 3.8) is 0 Å². The molecule has 0 spiro atoms. The normalized spacial score (nSPS) is 10.1. The molecule has 0 saturated carbocycles. The van der Waals surface area contributed by atoms with Crippen LogP contribution in [0.1, 0.15) is 0 Å². The molecule has 0 unspecified atom stereocenters. The molecule has 0 saturated heterocycles. The molecule has 0 aliphatic rings. The van der Waals surface area contributed by atoms with Crippen molar-refractivity contribution in [2.75, 3.05) is 17.7 Å². The fraction of sp³-hybridized carbons (Fsp3) is 0.100. The highest BCUT2D eigenvalue weighted by Gasteiger charge is 2.11. The van der Waals surface area contributed by atoms with Crippen molar-refractivity contribution in [1.29, 1.82) is 0 Å². The molecule has 82 valence electrons. The molecule has 0 amide bonds. The van der Waals surface area contributed by atoms with Crippen molar-refractivity contribution in [2.24, 2.45) is 0 Å². The van der Waals surface area contributed by atoms with Crippen molar-refractivity contribution in [3.8, 4) is 0 Å². The zero-order chi connectivity index (χ0) is 11.5. The second-order valence-electron chi connectivity index (χ2n) is 3.17. The summed E-state index contributed by atoms with van der Waals surface area (Å²) in [6.07, 6.45) is 4.80. The number of rotatable bonds is 2. The number of nitrogens with zero attached hydrogens (tertiary/aromatic N) is 4. The van der Waals surface area contributed by atoms with E-state index in [-0.39, 0.29) is 5.15 Å². The van der Waals surface area contributed by atoms with E-state index in [4.69, 9.17) is 17.3 Å². The molecule has 2 rings (SSSR count). The van der Waals surface area contributed by atoms with Crippen molar-refractivity contribution < 1.29 is 0 Å². The average molecular weight is 236 g/mol. The molecule has 0 aliphatic heterocycles. The maximum atomic E-state index is 5.83. The zero-order valence-electron chi connectivity index (χ0n) is 8.63. The monoisotopic (exact) mass is 235 g/mol. The van der Waals surface area contributed by atoms with Gasteiger partial charge in [-0.2, -0.15) is 0 Å². The van der Waals surface area contributed by atoms with Crippen LogP contribution in [0, 0.1) is 0 Å². The summed E-state index contributed by atoms with van der Waals surface area (Å²) in [4.78, 5) is 13.7. The summed E-state index contributed by atoms with van der Waals surface area (Å²) < 4.78 is 0. The molecule has 0 aromatic carbocycles. The van der Waals surface area contributed by atoms with Gasteiger partial charge in [-0.1, -0.05) is 11.6 Å². The minimum Gasteiger partial charge on any atom is -0.393 e. The first-order valence-corrected chi connectivity index (χ1v) is 4.97. The van der Waals surface area contributed by atoms with E-state index in [1.165, 1.54) is 6.33 Å². The first-order valence-electron chi connectivity index (χ1n) is 4.60. The lowest BCUT2D eigenvalue weighted by atomic mass is 10.3. The minimum absolute atomic E-state index is 0.251. The fourth-order valence-corrected chi connectivity index (χ4v) is 1.44. The summed E-state index contributed by atoms with van der Waals surface area (Å²) in [5, 5.41) is 0.251. The van der Waals surface area contributed by atoms with Gasteiger partial charge in [0.2, 0.25) is 0 Å². The van der Waals surface area contributed by atoms with E-state index in [9.17, 15) is 0 Å². The molecule has 0 aliphatic carbocycles. The first-order chi connectivity index (χ1) is 7.70. The number of halogens is 1. The van der Waals surface area contributed by atoms with Crippen molar-refractivity contribution in [3.05, 3.63) is 36.0 Å². The van der Waals surface area contributed by atoms with E-state index in [0.29, 0.717) is 11.5 Å². The highest BCUT2D eigenvalue weighted by Crippen LogP contribution is 2.29. The van der Waals surface area contributed by atoms with Gasteiger partial charge in [0.1, 0.15) is 12.0 Å². The van der Waals surface area contributed by atoms with Crippen LogP contribution in [0.3, 0.4) is 0 Å². The predicted molar refractivity (Wildman–Crippen MR) is 63.8 cm³/mol. The topological polar surface area (TPSA) is 67.9 Å². The van der Waals surface area contributed by atoms with E-state index in [1.54, 1.807) is 17.3 Å². The second kappa shape index (κ2) is 4.32. The molecule has 2 aromatic rings. The van der Waals surface area contributed by atoms with Crippen LogP contribution in [0.25, 0.3) is 0 Å². The Morgan fingerprint density at radius 2 is 2.19 bits per heavy atom. The number of nitrogens with two attached hydrogens (primary N) is 1. The van der Waals surface area contributed by atoms with Gasteiger partial charge in [0.25, 0.3) is 0 Å². The molecule has 2 aromatic heterocycles. The molecular weight excluding hydrogens is 226 g/mol. The zero-order valence-corrected chi connectivity index (χ0v) is 9.39. The molecule has 0 radical (unpaired) electrons. The van der Waals surface area contributed by atoms with Gasteiger partial charge in [-0.15, -0.1) is 0 Å². The number of nitrogen functional groups attached to an aromatic ring is 1. The smallest absolute Gasteiger partial charge is 0.161 e. The van der Waals surface area contributed by atoms with E-state index >= 15 is 0 Å². The lowest BCUT2D eigenvalue weighted by Crippen LogP contribution is -2.14. The molecule has 0 atom stereocenters. The quantitative estimate of drug-likeness (QED) is 0.805. The SMILES string of the molecule is CN(c1cccnc1)c1ncnc(Cl)c1N. The van der Waals surface area contributed by atoms with Crippen molar-refractivity contribution in [2.45, 2.75) is 0 Å². The Morgan fingerprint density at radius 3 is 2.88 bits per heavy atom. The molecule has 0 bridgehead atoms. The molecule has 0 fully saturated rings. The summed E-state index contributed by atoms with van der Waals surface area (Å²) in [5.41, 5.74) is 7.04. The third-order valence-corrected chi connectivity index (χ3v) is 2.47. The largest absolute Gasteiger partial charge is 0.393 e. The summed E-state index contributed by atoms with van der Waals surface area (Å²) in [6, 6.07) is 3.74. The van der Waals surface area contributed by atoms with Crippen LogP contribution in [0.4, 0.5) is 17.2 Å². The highest BCUT2D eigenvalue weighted by atomic mass is 35.5. The third kappa shape index (κ3) is 1.90. The average Bonchev–Trinajstić information content (AvgIpc) is 2.33. The van der Waals surface area contributed by atoms with Gasteiger partial charge in [-0.05, 0) is 12.1 Å². The molecule has 6 heteroatoms. The predicted octanol–water partition coefficient (Wildman–Crippen LogP) is 1.88. The summed E-state index contributed by atoms with van der Waals surface area (Å²) in [6.45, 7) is 0. The second-order valence-corrected chi connectivity index (χ2v) is 3.53. The Kier molecular flexibility index (Phi) is 2.87. The lowest BCUT2D eigenvalue weighted by Gasteiger charge is -2.19. The highest BCUT2D eigenvalue weighted by molar-refractivity contribution is 6.32. The van der Waals surface area contributed by atoms with Crippen molar-refractivity contribution >= 4 is 28.8 Å². The van der Waals surface area contributed by atoms with E-state index < -0.39 is 0 Å². The molecule has 16 heavy (non-hydrogen) atoms. The van der Waals surface area contributed by atoms with Crippen molar-refractivity contribution in [1.82, 2.24) is 15.0 Å². The number of aromatic nitrogens is 3. The summed E-state index contributed by atoms with van der Waals surface area (Å²) >= 11 is 5.83. The van der Waals surface area contributed by atoms with Crippen LogP contribution in [-0.2, 0) is 0 Å². The van der Waals surface area contributed by atoms with Crippen LogP contribution in [0.15, 0.2) is 30.9 Å². The van der Waals surface area contributed by atoms with Crippen LogP contribution in [0.2, 0.25) is 5.15 Å². The lowest BCUT2D eigenvalue weighted by molar-refractivity contribution is 1.08. The fourth-order valence-electron chi connectivity index (χ4n) is 1.31. The number of pyridine rings is 1. The molecule has 2 N–H and O–H groups in total. The van der Waals surface area contributed by atoms with Crippen LogP contribution in [0.5, 0.6) is 0 Å². The summed E-state index contributed by atoms with van der Waals surface area (Å²) in [5.74, 6) is 0.563. The summed E-state index contributed by atoms with van der Waals surface area (Å²) in [7, 11) is 1.84. The van der Waals surface area contributed by atoms with E-state index in [0.717, 1.165) is 5.69 Å². The van der Waals surface area contributed by atoms with Gasteiger partial charge in [0.05, 0.1) is 11.9 Å². The maximum absolute atomic E-state index is 5.83. The van der Waals surface area contributed by atoms with Gasteiger partial charge in [0.15, 0.2) is 11.0 Å². The number of hydrogen-bond acceptors (Lipinski definition) is 5. The standard InChI is InChI=1S/C10H10ClN5/c1-16(7-3-2-4-13-5-7)10-8(12)9(11)14-6-15-10/h2-6H,12H2,1H3. The maximum Gasteiger partial charge on any atom is 0.161 e. The Labute approximate surface area is 97.9 Å². The number of hydrogen-bond donors (Lipinski definition) is 1. The van der Waals surface area contributed by atoms with Gasteiger partial charge < -0.3 is 10.6 Å². The van der Waals surface area contributed by atoms with Crippen LogP contribution < -0.4 is 10.6 Å².